The van der Waals surface area contributed by atoms with E-state index in [4.69, 9.17) is 37.3 Å². The molecule has 0 aromatic heterocycles. The van der Waals surface area contributed by atoms with Crippen molar-refractivity contribution in [1.82, 2.24) is 0 Å². The van der Waals surface area contributed by atoms with Gasteiger partial charge in [-0.3, -0.25) is 23.4 Å². The van der Waals surface area contributed by atoms with Gasteiger partial charge in [-0.15, -0.1) is 0 Å². The molecule has 2 rings (SSSR count). The normalized spacial score (nSPS) is 21.2. The molecule has 0 saturated carbocycles. The van der Waals surface area contributed by atoms with E-state index in [0.29, 0.717) is 25.7 Å². The van der Waals surface area contributed by atoms with Crippen LogP contribution in [0.15, 0.2) is 0 Å². The zero-order valence-corrected chi connectivity index (χ0v) is 64.5. The van der Waals surface area contributed by atoms with Gasteiger partial charge in [-0.1, -0.05) is 336 Å². The minimum atomic E-state index is -5.65. The Morgan fingerprint density at radius 1 is 0.323 bits per heavy atom. The molecule has 2 saturated heterocycles. The number of esters is 4. The van der Waals surface area contributed by atoms with Gasteiger partial charge in [-0.25, -0.2) is 8.42 Å². The van der Waals surface area contributed by atoms with Crippen LogP contribution >= 0.6 is 0 Å². The number of carbonyl (C=O) groups excluding carboxylic acids is 4. The van der Waals surface area contributed by atoms with Crippen molar-refractivity contribution in [2.45, 2.75) is 449 Å². The Kier molecular flexibility index (Phi) is 60.9. The molecule has 0 bridgehead atoms. The van der Waals surface area contributed by atoms with Crippen molar-refractivity contribution in [2.24, 2.45) is 0 Å². The molecule has 0 aromatic rings. The maximum Gasteiger partial charge on any atom is 1.00 e. The zero-order chi connectivity index (χ0) is 69.3. The van der Waals surface area contributed by atoms with Gasteiger partial charge < -0.3 is 53.0 Å². The first-order valence-electron chi connectivity index (χ1n) is 39.5. The van der Waals surface area contributed by atoms with Gasteiger partial charge in [0.2, 0.25) is 16.7 Å². The molecule has 2 aliphatic rings. The molecule has 0 unspecified atom stereocenters. The van der Waals surface area contributed by atoms with Gasteiger partial charge in [0.1, 0.15) is 43.7 Å². The Balaban J connectivity index is 0.0000461. The van der Waals surface area contributed by atoms with Crippen LogP contribution in [0.3, 0.4) is 0 Å². The maximum atomic E-state index is 14.0. The fraction of sp³-hybridized carbons (Fsp3) is 0.947. The van der Waals surface area contributed by atoms with Crippen LogP contribution < -0.4 is 29.6 Å². The fourth-order valence-corrected chi connectivity index (χ4v) is 13.5. The number of hydrogen-bond acceptors (Lipinski definition) is 18. The van der Waals surface area contributed by atoms with Gasteiger partial charge >= 0.3 is 53.4 Å². The number of aliphatic hydroxyl groups is 3. The van der Waals surface area contributed by atoms with Crippen molar-refractivity contribution in [1.29, 1.82) is 0 Å². The summed E-state index contributed by atoms with van der Waals surface area (Å²) in [4.78, 5) is 54.3. The second-order valence-corrected chi connectivity index (χ2v) is 28.9. The van der Waals surface area contributed by atoms with Crippen molar-refractivity contribution in [3.63, 3.8) is 0 Å². The number of ether oxygens (including phenoxy) is 7. The van der Waals surface area contributed by atoms with E-state index in [9.17, 15) is 47.5 Å². The third-order valence-corrected chi connectivity index (χ3v) is 19.5. The predicted octanol–water partition coefficient (Wildman–Crippen LogP) is 15.2. The fourth-order valence-electron chi connectivity index (χ4n) is 13.0. The molecule has 96 heavy (non-hydrogen) atoms. The van der Waals surface area contributed by atoms with Crippen molar-refractivity contribution in [3.05, 3.63) is 0 Å². The van der Waals surface area contributed by atoms with Crippen LogP contribution in [0.4, 0.5) is 0 Å². The van der Waals surface area contributed by atoms with E-state index < -0.39 is 109 Å². The number of hydrogen-bond donors (Lipinski definition) is 3. The molecule has 0 aliphatic carbocycles. The summed E-state index contributed by atoms with van der Waals surface area (Å²) in [6.07, 6.45) is 38.8. The van der Waals surface area contributed by atoms with E-state index in [1.54, 1.807) is 0 Å². The van der Waals surface area contributed by atoms with Crippen LogP contribution in [-0.2, 0) is 66.9 Å². The third-order valence-electron chi connectivity index (χ3n) is 19.1. The van der Waals surface area contributed by atoms with E-state index in [-0.39, 0.29) is 55.2 Å². The van der Waals surface area contributed by atoms with E-state index in [0.717, 1.165) is 116 Å². The SMILES string of the molecule is CCCCCCCCCCCCCCCC(=O)OC[C@H]1O[C@H](O[C@H]2O[C@H](COC(=O)CCCCCCCCCCCCCCC)[C@@H](O)[C@H](OC(=O)CCCCCCCCCCCCCCC)[C@H]2OC(=O)CCCCCCCCCCCCCCC)[C@H](OS(=O)(=O)[O-])[C@@H](O)[C@@H]1O.[Na+]. The Morgan fingerprint density at radius 2 is 0.552 bits per heavy atom. The van der Waals surface area contributed by atoms with E-state index >= 15 is 0 Å². The van der Waals surface area contributed by atoms with Gasteiger partial charge in [0.25, 0.3) is 0 Å². The molecule has 2 heterocycles. The predicted molar refractivity (Wildman–Crippen MR) is 374 cm³/mol. The Labute approximate surface area is 606 Å². The summed E-state index contributed by atoms with van der Waals surface area (Å²) in [5.41, 5.74) is 0. The molecule has 10 atom stereocenters. The molecule has 2 fully saturated rings. The second kappa shape index (κ2) is 63.2. The minimum Gasteiger partial charge on any atom is -0.726 e. The Morgan fingerprint density at radius 3 is 0.823 bits per heavy atom. The molecule has 3 N–H and O–H groups in total. The van der Waals surface area contributed by atoms with E-state index in [1.807, 2.05) is 0 Å². The molecule has 0 radical (unpaired) electrons. The van der Waals surface area contributed by atoms with E-state index in [1.165, 1.54) is 193 Å². The van der Waals surface area contributed by atoms with Crippen LogP contribution in [0.1, 0.15) is 387 Å². The van der Waals surface area contributed by atoms with Crippen molar-refractivity contribution < 1.29 is 114 Å². The first-order valence-corrected chi connectivity index (χ1v) is 40.8. The number of carbonyl (C=O) groups is 4. The number of rotatable bonds is 66. The van der Waals surface area contributed by atoms with Gasteiger partial charge in [0.15, 0.2) is 24.6 Å². The summed E-state index contributed by atoms with van der Waals surface area (Å²) in [5, 5.41) is 34.9. The first-order chi connectivity index (χ1) is 46.1. The number of unbranched alkanes of at least 4 members (excludes halogenated alkanes) is 48. The van der Waals surface area contributed by atoms with E-state index in [2.05, 4.69) is 27.7 Å². The average molecular weight is 1400 g/mol. The van der Waals surface area contributed by atoms with Gasteiger partial charge in [0, 0.05) is 25.7 Å². The van der Waals surface area contributed by atoms with Crippen molar-refractivity contribution >= 4 is 34.3 Å². The van der Waals surface area contributed by atoms with Crippen LogP contribution in [0.2, 0.25) is 0 Å². The van der Waals surface area contributed by atoms with Crippen LogP contribution in [0, 0.1) is 0 Å². The van der Waals surface area contributed by atoms with Crippen molar-refractivity contribution in [3.8, 4) is 0 Å². The largest absolute Gasteiger partial charge is 1.00 e. The smallest absolute Gasteiger partial charge is 0.726 e. The molecule has 0 aromatic carbocycles. The molecule has 0 spiro atoms. The average Bonchev–Trinajstić information content (AvgIpc) is 0.785. The molecule has 560 valence electrons. The molecule has 2 aliphatic heterocycles. The summed E-state index contributed by atoms with van der Waals surface area (Å²) < 4.78 is 83.5. The van der Waals surface area contributed by atoms with Crippen LogP contribution in [0.5, 0.6) is 0 Å². The first kappa shape index (κ1) is 92.5. The standard InChI is InChI=1S/C76H142O18S.Na/c1-5-9-13-17-21-25-29-33-37-41-45-49-53-57-65(77)87-61-63-69(81)71(83)73(94-95(84,85)86)75(89-63)93-76-74(92-68(80)60-56-52-48-44-40-36-32-28-24-20-16-12-8-4)72(91-67(79)59-55-51-47-43-39-35-31-27-23-19-15-11-7-3)70(82)64(90-76)62-88-66(78)58-54-50-46-42-38-34-30-26-22-18-14-10-6-2;/h63-64,69-76,81-83H,5-62H2,1-4H3,(H,84,85,86);/q;+1/p-1/t63-,64-,69-,70-,71+,72+,73-,74-,75-,76-;/m1./s1. The molecular formula is C76H141NaO18S. The zero-order valence-electron chi connectivity index (χ0n) is 61.7. The second-order valence-electron chi connectivity index (χ2n) is 27.9. The molecular weight excluding hydrogens is 1260 g/mol. The number of aliphatic hydroxyl groups excluding tert-OH is 3. The van der Waals surface area contributed by atoms with Gasteiger partial charge in [-0.2, -0.15) is 0 Å². The maximum absolute atomic E-state index is 14.0. The summed E-state index contributed by atoms with van der Waals surface area (Å²) in [7, 11) is -5.65. The van der Waals surface area contributed by atoms with Crippen LogP contribution in [-0.4, -0.2) is 127 Å². The van der Waals surface area contributed by atoms with Gasteiger partial charge in [0.05, 0.1) is 0 Å². The Hall–Kier alpha value is -1.49. The summed E-state index contributed by atoms with van der Waals surface area (Å²) in [6.45, 7) is 7.68. The summed E-state index contributed by atoms with van der Waals surface area (Å²) in [6, 6.07) is 0. The Bertz CT molecular complexity index is 1950. The third kappa shape index (κ3) is 49.2. The molecule has 20 heteroatoms. The quantitative estimate of drug-likeness (QED) is 0.0128. The minimum absolute atomic E-state index is 0. The summed E-state index contributed by atoms with van der Waals surface area (Å²) in [5.74, 6) is -2.66. The summed E-state index contributed by atoms with van der Waals surface area (Å²) >= 11 is 0. The molecule has 0 amide bonds. The topological polar surface area (TPSA) is 260 Å². The van der Waals surface area contributed by atoms with Gasteiger partial charge in [-0.05, 0) is 25.7 Å². The van der Waals surface area contributed by atoms with Crippen LogP contribution in [0.25, 0.3) is 0 Å². The molecule has 18 nitrogen and oxygen atoms in total. The van der Waals surface area contributed by atoms with Crippen molar-refractivity contribution in [2.75, 3.05) is 13.2 Å². The monoisotopic (exact) mass is 1400 g/mol.